The number of H-pyrrole nitrogens is 1. The Hall–Kier alpha value is -2.02. The Morgan fingerprint density at radius 1 is 1.32 bits per heavy atom. The van der Waals surface area contributed by atoms with Gasteiger partial charge in [-0.1, -0.05) is 62.9 Å². The number of carbonyl (C=O) groups is 1. The molecule has 0 aliphatic rings. The van der Waals surface area contributed by atoms with E-state index in [-0.39, 0.29) is 23.4 Å². The summed E-state index contributed by atoms with van der Waals surface area (Å²) in [6.07, 6.45) is 1.72. The molecule has 2 aromatic rings. The van der Waals surface area contributed by atoms with Gasteiger partial charge in [-0.3, -0.25) is 9.36 Å². The van der Waals surface area contributed by atoms with Crippen LogP contribution in [0.5, 0.6) is 0 Å². The Morgan fingerprint density at radius 2 is 2.04 bits per heavy atom. The largest absolute Gasteiger partial charge is 0.349 e. The van der Waals surface area contributed by atoms with Crippen LogP contribution in [0.3, 0.4) is 0 Å². The molecule has 7 heteroatoms. The fraction of sp³-hybridized carbons (Fsp3) is 0.500. The second-order valence-electron chi connectivity index (χ2n) is 6.41. The monoisotopic (exact) mass is 362 g/mol. The van der Waals surface area contributed by atoms with Crippen molar-refractivity contribution in [3.8, 4) is 0 Å². The Kier molecular flexibility index (Phi) is 7.31. The first kappa shape index (κ1) is 19.3. The maximum absolute atomic E-state index is 12.4. The van der Waals surface area contributed by atoms with Crippen molar-refractivity contribution in [3.63, 3.8) is 0 Å². The average molecular weight is 362 g/mol. The molecule has 0 radical (unpaired) electrons. The van der Waals surface area contributed by atoms with E-state index in [1.165, 1.54) is 11.8 Å². The predicted octanol–water partition coefficient (Wildman–Crippen LogP) is 2.98. The van der Waals surface area contributed by atoms with E-state index in [1.54, 1.807) is 4.57 Å². The molecule has 1 heterocycles. The fourth-order valence-corrected chi connectivity index (χ4v) is 3.42. The molecule has 1 aromatic carbocycles. The summed E-state index contributed by atoms with van der Waals surface area (Å²) >= 11 is 1.28. The smallest absolute Gasteiger partial charge is 0.343 e. The molecule has 0 spiro atoms. The van der Waals surface area contributed by atoms with Gasteiger partial charge in [-0.25, -0.2) is 9.89 Å². The van der Waals surface area contributed by atoms with E-state index in [2.05, 4.69) is 29.4 Å². The summed E-state index contributed by atoms with van der Waals surface area (Å²) in [6.45, 7) is 6.88. The van der Waals surface area contributed by atoms with Crippen LogP contribution in [0.2, 0.25) is 0 Å². The minimum absolute atomic E-state index is 0.00804. The summed E-state index contributed by atoms with van der Waals surface area (Å²) in [4.78, 5) is 24.1. The van der Waals surface area contributed by atoms with Crippen LogP contribution in [0.4, 0.5) is 0 Å². The molecule has 0 aliphatic carbocycles. The number of carbonyl (C=O) groups excluding carboxylic acids is 1. The number of nitrogens with one attached hydrogen (secondary N) is 2. The van der Waals surface area contributed by atoms with Crippen LogP contribution in [0.25, 0.3) is 0 Å². The molecule has 2 N–H and O–H groups in total. The SMILES string of the molecule is CCCn1c(SCC(=O)N[C@H](CC(C)C)c2ccccc2)n[nH]c1=O. The molecule has 6 nitrogen and oxygen atoms in total. The molecule has 0 bridgehead atoms. The predicted molar refractivity (Wildman–Crippen MR) is 101 cm³/mol. The highest BCUT2D eigenvalue weighted by molar-refractivity contribution is 7.99. The molecule has 2 rings (SSSR count). The molecule has 0 saturated carbocycles. The molecule has 1 aromatic heterocycles. The number of hydrogen-bond acceptors (Lipinski definition) is 4. The number of hydrogen-bond donors (Lipinski definition) is 2. The summed E-state index contributed by atoms with van der Waals surface area (Å²) in [5, 5.41) is 10.1. The molecular weight excluding hydrogens is 336 g/mol. The van der Waals surface area contributed by atoms with Gasteiger partial charge in [0.2, 0.25) is 5.91 Å². The van der Waals surface area contributed by atoms with Crippen LogP contribution in [0, 0.1) is 5.92 Å². The number of benzene rings is 1. The second-order valence-corrected chi connectivity index (χ2v) is 7.35. The molecule has 0 saturated heterocycles. The third kappa shape index (κ3) is 5.77. The third-order valence-electron chi connectivity index (χ3n) is 3.75. The van der Waals surface area contributed by atoms with Crippen molar-refractivity contribution in [3.05, 3.63) is 46.4 Å². The average Bonchev–Trinajstić information content (AvgIpc) is 2.93. The van der Waals surface area contributed by atoms with Crippen LogP contribution in [0.1, 0.15) is 45.2 Å². The van der Waals surface area contributed by atoms with Crippen molar-refractivity contribution >= 4 is 17.7 Å². The van der Waals surface area contributed by atoms with Crippen LogP contribution < -0.4 is 11.0 Å². The number of aromatic amines is 1. The standard InChI is InChI=1S/C18H26N4O2S/c1-4-10-22-17(24)20-21-18(22)25-12-16(23)19-15(11-13(2)3)14-8-6-5-7-9-14/h5-9,13,15H,4,10-12H2,1-3H3,(H,19,23)(H,20,24)/t15-/m1/s1. The minimum atomic E-state index is -0.230. The van der Waals surface area contributed by atoms with Crippen LogP contribution >= 0.6 is 11.8 Å². The van der Waals surface area contributed by atoms with Gasteiger partial charge in [0.05, 0.1) is 11.8 Å². The van der Waals surface area contributed by atoms with Crippen molar-refractivity contribution in [1.82, 2.24) is 20.1 Å². The van der Waals surface area contributed by atoms with Crippen molar-refractivity contribution in [2.24, 2.45) is 5.92 Å². The maximum atomic E-state index is 12.4. The van der Waals surface area contributed by atoms with E-state index in [1.807, 2.05) is 37.3 Å². The van der Waals surface area contributed by atoms with E-state index >= 15 is 0 Å². The number of aromatic nitrogens is 3. The molecule has 1 amide bonds. The summed E-state index contributed by atoms with van der Waals surface area (Å²) in [6, 6.07) is 10.00. The Morgan fingerprint density at radius 3 is 2.68 bits per heavy atom. The van der Waals surface area contributed by atoms with Gasteiger partial charge in [-0.2, -0.15) is 0 Å². The van der Waals surface area contributed by atoms with Gasteiger partial charge >= 0.3 is 5.69 Å². The summed E-state index contributed by atoms with van der Waals surface area (Å²) < 4.78 is 1.57. The zero-order chi connectivity index (χ0) is 18.2. The van der Waals surface area contributed by atoms with Gasteiger partial charge in [0.1, 0.15) is 0 Å². The van der Waals surface area contributed by atoms with Crippen molar-refractivity contribution < 1.29 is 4.79 Å². The van der Waals surface area contributed by atoms with Crippen molar-refractivity contribution in [2.45, 2.75) is 51.4 Å². The lowest BCUT2D eigenvalue weighted by Gasteiger charge is -2.21. The quantitative estimate of drug-likeness (QED) is 0.672. The third-order valence-corrected chi connectivity index (χ3v) is 4.72. The number of thioether (sulfide) groups is 1. The zero-order valence-electron chi connectivity index (χ0n) is 15.0. The van der Waals surface area contributed by atoms with Gasteiger partial charge in [-0.05, 0) is 24.3 Å². The van der Waals surface area contributed by atoms with Crippen LogP contribution in [-0.4, -0.2) is 26.4 Å². The first-order valence-electron chi connectivity index (χ1n) is 8.63. The van der Waals surface area contributed by atoms with E-state index in [0.29, 0.717) is 17.6 Å². The number of amides is 1. The van der Waals surface area contributed by atoms with Gasteiger partial charge in [0.15, 0.2) is 5.16 Å². The van der Waals surface area contributed by atoms with Gasteiger partial charge < -0.3 is 5.32 Å². The van der Waals surface area contributed by atoms with E-state index < -0.39 is 0 Å². The molecule has 1 atom stereocenters. The normalized spacial score (nSPS) is 12.3. The second kappa shape index (κ2) is 9.46. The van der Waals surface area contributed by atoms with E-state index in [0.717, 1.165) is 18.4 Å². The molecule has 0 aliphatic heterocycles. The van der Waals surface area contributed by atoms with E-state index in [9.17, 15) is 9.59 Å². The Labute approximate surface area is 152 Å². The summed E-state index contributed by atoms with van der Waals surface area (Å²) in [7, 11) is 0. The summed E-state index contributed by atoms with van der Waals surface area (Å²) in [5.41, 5.74) is 0.879. The highest BCUT2D eigenvalue weighted by Crippen LogP contribution is 2.22. The molecule has 136 valence electrons. The lowest BCUT2D eigenvalue weighted by Crippen LogP contribution is -2.31. The number of rotatable bonds is 9. The van der Waals surface area contributed by atoms with Gasteiger partial charge in [0.25, 0.3) is 0 Å². The molecule has 0 unspecified atom stereocenters. The van der Waals surface area contributed by atoms with E-state index in [4.69, 9.17) is 0 Å². The topological polar surface area (TPSA) is 79.8 Å². The lowest BCUT2D eigenvalue weighted by molar-refractivity contribution is -0.119. The molecule has 25 heavy (non-hydrogen) atoms. The first-order chi connectivity index (χ1) is 12.0. The number of nitrogens with zero attached hydrogens (tertiary/aromatic N) is 2. The summed E-state index contributed by atoms with van der Waals surface area (Å²) in [5.74, 6) is 0.646. The Balaban J connectivity index is 1.98. The van der Waals surface area contributed by atoms with Gasteiger partial charge in [0, 0.05) is 6.54 Å². The van der Waals surface area contributed by atoms with Crippen LogP contribution in [0.15, 0.2) is 40.3 Å². The first-order valence-corrected chi connectivity index (χ1v) is 9.62. The highest BCUT2D eigenvalue weighted by atomic mass is 32.2. The maximum Gasteiger partial charge on any atom is 0.343 e. The molecule has 0 fully saturated rings. The van der Waals surface area contributed by atoms with Gasteiger partial charge in [-0.15, -0.1) is 5.10 Å². The fourth-order valence-electron chi connectivity index (χ4n) is 2.64. The highest BCUT2D eigenvalue weighted by Gasteiger charge is 2.17. The zero-order valence-corrected chi connectivity index (χ0v) is 15.8. The van der Waals surface area contributed by atoms with Crippen molar-refractivity contribution in [2.75, 3.05) is 5.75 Å². The lowest BCUT2D eigenvalue weighted by atomic mass is 9.97. The molecular formula is C18H26N4O2S. The van der Waals surface area contributed by atoms with Crippen LogP contribution in [-0.2, 0) is 11.3 Å². The Bertz CT molecular complexity index is 724. The van der Waals surface area contributed by atoms with Crippen molar-refractivity contribution in [1.29, 1.82) is 0 Å². The minimum Gasteiger partial charge on any atom is -0.349 e.